The van der Waals surface area contributed by atoms with Crippen molar-refractivity contribution >= 4 is 29.2 Å². The van der Waals surface area contributed by atoms with Crippen molar-refractivity contribution in [3.63, 3.8) is 0 Å². The number of piperidine rings is 1. The molecule has 4 heterocycles. The van der Waals surface area contributed by atoms with E-state index in [1.165, 1.54) is 4.90 Å². The molecule has 2 aromatic heterocycles. The largest absolute Gasteiger partial charge is 0.339 e. The summed E-state index contributed by atoms with van der Waals surface area (Å²) in [6.07, 6.45) is 7.04. The topological polar surface area (TPSA) is 82.6 Å². The van der Waals surface area contributed by atoms with Crippen LogP contribution in [0.5, 0.6) is 0 Å². The number of imide groups is 1. The van der Waals surface area contributed by atoms with Gasteiger partial charge < -0.3 is 10.2 Å². The Hall–Kier alpha value is -3.00. The van der Waals surface area contributed by atoms with Crippen molar-refractivity contribution < 1.29 is 14.4 Å². The number of hydrogen-bond donors (Lipinski definition) is 1. The van der Waals surface area contributed by atoms with E-state index in [2.05, 4.69) is 10.3 Å². The summed E-state index contributed by atoms with van der Waals surface area (Å²) in [5.41, 5.74) is -0.636. The Morgan fingerprint density at radius 1 is 1.24 bits per heavy atom. The third kappa shape index (κ3) is 4.71. The van der Waals surface area contributed by atoms with E-state index in [9.17, 15) is 14.4 Å². The third-order valence-corrected chi connectivity index (χ3v) is 7.34. The second kappa shape index (κ2) is 9.87. The first-order chi connectivity index (χ1) is 15.9. The average molecular weight is 467 g/mol. The van der Waals surface area contributed by atoms with E-state index in [-0.39, 0.29) is 23.8 Å². The minimum atomic E-state index is -1.20. The minimum absolute atomic E-state index is 0.00612. The molecule has 2 aliphatic rings. The molecule has 0 bridgehead atoms. The molecule has 1 N–H and O–H groups in total. The number of nitrogens with zero attached hydrogens (tertiary/aromatic N) is 3. The molecule has 0 spiro atoms. The number of allylic oxidation sites excluding steroid dienone is 1. The van der Waals surface area contributed by atoms with Crippen molar-refractivity contribution in [1.29, 1.82) is 0 Å². The molecule has 0 radical (unpaired) electrons. The zero-order valence-corrected chi connectivity index (χ0v) is 19.9. The quantitative estimate of drug-likeness (QED) is 0.499. The molecule has 2 saturated heterocycles. The molecule has 8 heteroatoms. The number of rotatable bonds is 7. The van der Waals surface area contributed by atoms with Crippen LogP contribution < -0.4 is 5.32 Å². The van der Waals surface area contributed by atoms with Crippen LogP contribution in [0.25, 0.3) is 0 Å². The van der Waals surface area contributed by atoms with Crippen molar-refractivity contribution in [3.8, 4) is 0 Å². The second-order valence-corrected chi connectivity index (χ2v) is 9.97. The number of pyridine rings is 1. The predicted molar refractivity (Wildman–Crippen MR) is 127 cm³/mol. The summed E-state index contributed by atoms with van der Waals surface area (Å²) in [5.74, 6) is -0.0836. The lowest BCUT2D eigenvalue weighted by atomic mass is 9.75. The van der Waals surface area contributed by atoms with Crippen LogP contribution in [-0.2, 0) is 21.5 Å². The van der Waals surface area contributed by atoms with Gasteiger partial charge in [0.15, 0.2) is 5.54 Å². The fraction of sp³-hybridized carbons (Fsp3) is 0.440. The predicted octanol–water partition coefficient (Wildman–Crippen LogP) is 3.58. The summed E-state index contributed by atoms with van der Waals surface area (Å²) in [5, 5.41) is 5.02. The van der Waals surface area contributed by atoms with Gasteiger partial charge in [-0.05, 0) is 54.8 Å². The van der Waals surface area contributed by atoms with Gasteiger partial charge in [0, 0.05) is 36.6 Å². The fourth-order valence-corrected chi connectivity index (χ4v) is 5.34. The van der Waals surface area contributed by atoms with Gasteiger partial charge in [-0.25, -0.2) is 4.79 Å². The number of carbonyl (C=O) groups is 3. The first-order valence-electron chi connectivity index (χ1n) is 11.5. The molecule has 7 nitrogen and oxygen atoms in total. The van der Waals surface area contributed by atoms with Crippen molar-refractivity contribution in [2.75, 3.05) is 19.6 Å². The monoisotopic (exact) mass is 466 g/mol. The molecule has 0 aromatic carbocycles. The Labute approximate surface area is 198 Å². The highest BCUT2D eigenvalue weighted by Crippen LogP contribution is 2.40. The van der Waals surface area contributed by atoms with Gasteiger partial charge >= 0.3 is 6.03 Å². The SMILES string of the molecule is CC(C)/C=C/C(=O)N1CCC([C@]2(c3ccccn3)NC(=O)N(CCc3cccs3)C2=O)CC1. The lowest BCUT2D eigenvalue weighted by Gasteiger charge is -2.40. The summed E-state index contributed by atoms with van der Waals surface area (Å²) in [6.45, 7) is 5.48. The van der Waals surface area contributed by atoms with Crippen LogP contribution in [0, 0.1) is 11.8 Å². The molecule has 2 aliphatic heterocycles. The van der Waals surface area contributed by atoms with Gasteiger partial charge in [0.25, 0.3) is 5.91 Å². The van der Waals surface area contributed by atoms with Crippen LogP contribution >= 0.6 is 11.3 Å². The van der Waals surface area contributed by atoms with Crippen LogP contribution in [0.3, 0.4) is 0 Å². The van der Waals surface area contributed by atoms with Gasteiger partial charge in [0.1, 0.15) is 0 Å². The van der Waals surface area contributed by atoms with Gasteiger partial charge in [-0.3, -0.25) is 19.5 Å². The summed E-state index contributed by atoms with van der Waals surface area (Å²) < 4.78 is 0. The zero-order chi connectivity index (χ0) is 23.4. The van der Waals surface area contributed by atoms with Crippen LogP contribution in [0.4, 0.5) is 4.79 Å². The Bertz CT molecular complexity index is 1010. The van der Waals surface area contributed by atoms with Crippen LogP contribution in [-0.4, -0.2) is 52.3 Å². The second-order valence-electron chi connectivity index (χ2n) is 8.94. The van der Waals surface area contributed by atoms with Gasteiger partial charge in [-0.2, -0.15) is 0 Å². The molecule has 4 rings (SSSR count). The summed E-state index contributed by atoms with van der Waals surface area (Å²) in [6, 6.07) is 9.05. The summed E-state index contributed by atoms with van der Waals surface area (Å²) in [4.78, 5) is 48.1. The normalized spacial score (nSPS) is 21.9. The summed E-state index contributed by atoms with van der Waals surface area (Å²) >= 11 is 1.62. The maximum Gasteiger partial charge on any atom is 0.325 e. The Morgan fingerprint density at radius 2 is 2.03 bits per heavy atom. The van der Waals surface area contributed by atoms with E-state index in [1.54, 1.807) is 29.7 Å². The molecular weight excluding hydrogens is 436 g/mol. The molecule has 2 aromatic rings. The first kappa shape index (κ1) is 23.2. The van der Waals surface area contributed by atoms with Crippen LogP contribution in [0.15, 0.2) is 54.1 Å². The molecule has 0 unspecified atom stereocenters. The van der Waals surface area contributed by atoms with Crippen molar-refractivity contribution in [2.24, 2.45) is 11.8 Å². The molecule has 0 saturated carbocycles. The van der Waals surface area contributed by atoms with E-state index in [4.69, 9.17) is 0 Å². The standard InChI is InChI=1S/C25H30N4O3S/c1-18(2)8-9-22(30)28-14-10-19(11-15-28)25(21-7-3-4-13-26-21)23(31)29(24(32)27-25)16-12-20-6-5-17-33-20/h3-9,13,17-19H,10-12,14-16H2,1-2H3,(H,27,32)/b9-8+/t25-/m1/s1. The lowest BCUT2D eigenvalue weighted by molar-refractivity contribution is -0.135. The Balaban J connectivity index is 1.55. The highest BCUT2D eigenvalue weighted by Gasteiger charge is 2.58. The first-order valence-corrected chi connectivity index (χ1v) is 12.3. The van der Waals surface area contributed by atoms with Gasteiger partial charge in [0.05, 0.1) is 5.69 Å². The summed E-state index contributed by atoms with van der Waals surface area (Å²) in [7, 11) is 0. The number of hydrogen-bond acceptors (Lipinski definition) is 5. The maximum atomic E-state index is 13.8. The maximum absolute atomic E-state index is 13.8. The van der Waals surface area contributed by atoms with E-state index < -0.39 is 5.54 Å². The molecular formula is C25H30N4O3S. The van der Waals surface area contributed by atoms with Gasteiger partial charge in [-0.15, -0.1) is 11.3 Å². The molecule has 2 fully saturated rings. The van der Waals surface area contributed by atoms with E-state index in [0.717, 1.165) is 4.88 Å². The average Bonchev–Trinajstić information content (AvgIpc) is 3.43. The van der Waals surface area contributed by atoms with E-state index in [0.29, 0.717) is 50.5 Å². The fourth-order valence-electron chi connectivity index (χ4n) is 4.64. The number of amides is 4. The van der Waals surface area contributed by atoms with Gasteiger partial charge in [0.2, 0.25) is 5.91 Å². The smallest absolute Gasteiger partial charge is 0.325 e. The molecule has 4 amide bonds. The lowest BCUT2D eigenvalue weighted by Crippen LogP contribution is -2.54. The molecule has 1 atom stereocenters. The van der Waals surface area contributed by atoms with Crippen LogP contribution in [0.1, 0.15) is 37.3 Å². The molecule has 0 aliphatic carbocycles. The van der Waals surface area contributed by atoms with Gasteiger partial charge in [-0.1, -0.05) is 32.1 Å². The zero-order valence-electron chi connectivity index (χ0n) is 19.1. The highest BCUT2D eigenvalue weighted by atomic mass is 32.1. The van der Waals surface area contributed by atoms with Crippen molar-refractivity contribution in [1.82, 2.24) is 20.1 Å². The highest BCUT2D eigenvalue weighted by molar-refractivity contribution is 7.09. The minimum Gasteiger partial charge on any atom is -0.339 e. The molecule has 174 valence electrons. The number of carbonyl (C=O) groups excluding carboxylic acids is 3. The van der Waals surface area contributed by atoms with Crippen molar-refractivity contribution in [2.45, 2.75) is 38.6 Å². The van der Waals surface area contributed by atoms with Crippen LogP contribution in [0.2, 0.25) is 0 Å². The Kier molecular flexibility index (Phi) is 6.93. The number of thiophene rings is 1. The number of aromatic nitrogens is 1. The van der Waals surface area contributed by atoms with Crippen molar-refractivity contribution in [3.05, 3.63) is 64.6 Å². The number of nitrogens with one attached hydrogen (secondary N) is 1. The van der Waals surface area contributed by atoms with E-state index >= 15 is 0 Å². The number of urea groups is 1. The number of likely N-dealkylation sites (tertiary alicyclic amines) is 1. The Morgan fingerprint density at radius 3 is 2.67 bits per heavy atom. The molecule has 33 heavy (non-hydrogen) atoms. The van der Waals surface area contributed by atoms with E-state index in [1.807, 2.05) is 54.5 Å². The third-order valence-electron chi connectivity index (χ3n) is 6.41.